The van der Waals surface area contributed by atoms with Crippen LogP contribution < -0.4 is 5.32 Å². The first-order valence-electron chi connectivity index (χ1n) is 11.3. The number of carbonyl (C=O) groups is 2. The molecule has 2 fully saturated rings. The van der Waals surface area contributed by atoms with E-state index in [-0.39, 0.29) is 17.4 Å². The standard InChI is InChI=1S/C26H32N2O4/c1-19(29)27-23-11-7-6-10-22(23)25(30)32-18-26-13-12-24(31-2)21(14-26)16-28(17-26)15-20-8-4-3-5-9-20/h3-11,21,24H,12-18H2,1-2H3,(H,27,29)/t21-,24-,26-/m0/s1. The fourth-order valence-corrected chi connectivity index (χ4v) is 5.38. The van der Waals surface area contributed by atoms with E-state index in [9.17, 15) is 9.59 Å². The average Bonchev–Trinajstić information content (AvgIpc) is 2.78. The molecule has 32 heavy (non-hydrogen) atoms. The molecule has 6 nitrogen and oxygen atoms in total. The van der Waals surface area contributed by atoms with Gasteiger partial charge in [0, 0.05) is 39.1 Å². The molecular formula is C26H32N2O4. The predicted octanol–water partition coefficient (Wildman–Crippen LogP) is 4.12. The Morgan fingerprint density at radius 3 is 2.62 bits per heavy atom. The molecule has 1 amide bonds. The van der Waals surface area contributed by atoms with Crippen molar-refractivity contribution in [3.63, 3.8) is 0 Å². The quantitative estimate of drug-likeness (QED) is 0.662. The lowest BCUT2D eigenvalue weighted by Crippen LogP contribution is -2.55. The third kappa shape index (κ3) is 5.19. The number of para-hydroxylation sites is 1. The Morgan fingerprint density at radius 1 is 1.12 bits per heavy atom. The third-order valence-corrected chi connectivity index (χ3v) is 6.75. The zero-order valence-electron chi connectivity index (χ0n) is 18.9. The van der Waals surface area contributed by atoms with Crippen LogP contribution in [0.4, 0.5) is 5.69 Å². The van der Waals surface area contributed by atoms with E-state index in [2.05, 4.69) is 34.5 Å². The normalized spacial score (nSPS) is 25.2. The van der Waals surface area contributed by atoms with Gasteiger partial charge in [0.15, 0.2) is 0 Å². The number of nitrogens with one attached hydrogen (secondary N) is 1. The van der Waals surface area contributed by atoms with Crippen LogP contribution in [0.5, 0.6) is 0 Å². The molecule has 1 N–H and O–H groups in total. The summed E-state index contributed by atoms with van der Waals surface area (Å²) in [5.74, 6) is -0.181. The van der Waals surface area contributed by atoms with Gasteiger partial charge < -0.3 is 14.8 Å². The van der Waals surface area contributed by atoms with Gasteiger partial charge in [-0.15, -0.1) is 0 Å². The monoisotopic (exact) mass is 436 g/mol. The maximum atomic E-state index is 12.9. The molecule has 1 heterocycles. The zero-order chi connectivity index (χ0) is 22.6. The van der Waals surface area contributed by atoms with Crippen LogP contribution in [0.2, 0.25) is 0 Å². The van der Waals surface area contributed by atoms with Crippen LogP contribution in [-0.2, 0) is 20.8 Å². The molecule has 0 radical (unpaired) electrons. The molecule has 4 rings (SSSR count). The van der Waals surface area contributed by atoms with Gasteiger partial charge in [-0.05, 0) is 42.9 Å². The summed E-state index contributed by atoms with van der Waals surface area (Å²) in [6.07, 6.45) is 3.20. The summed E-state index contributed by atoms with van der Waals surface area (Å²) in [5, 5.41) is 2.72. The number of anilines is 1. The Morgan fingerprint density at radius 2 is 1.88 bits per heavy atom. The molecule has 1 aliphatic heterocycles. The van der Waals surface area contributed by atoms with Gasteiger partial charge in [-0.3, -0.25) is 9.69 Å². The predicted molar refractivity (Wildman–Crippen MR) is 123 cm³/mol. The van der Waals surface area contributed by atoms with Crippen molar-refractivity contribution in [2.45, 2.75) is 38.8 Å². The molecule has 1 saturated heterocycles. The van der Waals surface area contributed by atoms with Crippen LogP contribution in [-0.4, -0.2) is 49.7 Å². The largest absolute Gasteiger partial charge is 0.461 e. The van der Waals surface area contributed by atoms with Crippen LogP contribution in [0.1, 0.15) is 42.1 Å². The summed E-state index contributed by atoms with van der Waals surface area (Å²) in [6, 6.07) is 17.5. The first kappa shape index (κ1) is 22.5. The lowest BCUT2D eigenvalue weighted by atomic mass is 9.65. The highest BCUT2D eigenvalue weighted by Crippen LogP contribution is 2.45. The fourth-order valence-electron chi connectivity index (χ4n) is 5.38. The van der Waals surface area contributed by atoms with Gasteiger partial charge >= 0.3 is 5.97 Å². The summed E-state index contributed by atoms with van der Waals surface area (Å²) in [5.41, 5.74) is 2.08. The van der Waals surface area contributed by atoms with Crippen molar-refractivity contribution in [3.8, 4) is 0 Å². The molecule has 2 aromatic carbocycles. The van der Waals surface area contributed by atoms with E-state index >= 15 is 0 Å². The van der Waals surface area contributed by atoms with Crippen molar-refractivity contribution in [2.24, 2.45) is 11.3 Å². The van der Waals surface area contributed by atoms with Crippen molar-refractivity contribution in [1.29, 1.82) is 0 Å². The number of rotatable bonds is 7. The second kappa shape index (κ2) is 9.84. The zero-order valence-corrected chi connectivity index (χ0v) is 18.9. The van der Waals surface area contributed by atoms with Crippen LogP contribution >= 0.6 is 0 Å². The average molecular weight is 437 g/mol. The summed E-state index contributed by atoms with van der Waals surface area (Å²) >= 11 is 0. The number of hydrogen-bond donors (Lipinski definition) is 1. The molecular weight excluding hydrogens is 404 g/mol. The molecule has 2 aromatic rings. The minimum atomic E-state index is -0.394. The van der Waals surface area contributed by atoms with E-state index in [0.29, 0.717) is 23.8 Å². The molecule has 2 bridgehead atoms. The van der Waals surface area contributed by atoms with Crippen molar-refractivity contribution in [3.05, 3.63) is 65.7 Å². The Kier molecular flexibility index (Phi) is 6.92. The van der Waals surface area contributed by atoms with E-state index in [1.807, 2.05) is 6.07 Å². The highest BCUT2D eigenvalue weighted by atomic mass is 16.5. The van der Waals surface area contributed by atoms with Gasteiger partial charge in [0.05, 0.1) is 24.0 Å². The van der Waals surface area contributed by atoms with Crippen LogP contribution in [0.3, 0.4) is 0 Å². The first-order valence-corrected chi connectivity index (χ1v) is 11.3. The molecule has 2 aliphatic rings. The van der Waals surface area contributed by atoms with E-state index in [1.54, 1.807) is 31.4 Å². The number of carbonyl (C=O) groups excluding carboxylic acids is 2. The summed E-state index contributed by atoms with van der Waals surface area (Å²) in [4.78, 5) is 26.9. The number of amides is 1. The lowest BCUT2D eigenvalue weighted by molar-refractivity contribution is -0.114. The van der Waals surface area contributed by atoms with Gasteiger partial charge in [0.2, 0.25) is 5.91 Å². The molecule has 0 unspecified atom stereocenters. The number of fused-ring (bicyclic) bond motifs is 2. The Bertz CT molecular complexity index is 948. The number of esters is 1. The molecule has 1 aliphatic carbocycles. The number of likely N-dealkylation sites (tertiary alicyclic amines) is 1. The molecule has 0 aromatic heterocycles. The van der Waals surface area contributed by atoms with E-state index < -0.39 is 5.97 Å². The Labute approximate surface area is 189 Å². The van der Waals surface area contributed by atoms with E-state index in [4.69, 9.17) is 9.47 Å². The SMILES string of the molecule is CO[C@H]1CC[C@]2(COC(=O)c3ccccc3NC(C)=O)C[C@H]1CN(Cc1ccccc1)C2. The van der Waals surface area contributed by atoms with Crippen molar-refractivity contribution < 1.29 is 19.1 Å². The molecule has 0 spiro atoms. The summed E-state index contributed by atoms with van der Waals surface area (Å²) < 4.78 is 11.7. The first-order chi connectivity index (χ1) is 15.5. The second-order valence-corrected chi connectivity index (χ2v) is 9.24. The third-order valence-electron chi connectivity index (χ3n) is 6.75. The van der Waals surface area contributed by atoms with Crippen molar-refractivity contribution >= 4 is 17.6 Å². The lowest BCUT2D eigenvalue weighted by Gasteiger charge is -2.51. The second-order valence-electron chi connectivity index (χ2n) is 9.24. The number of nitrogens with zero attached hydrogens (tertiary/aromatic N) is 1. The van der Waals surface area contributed by atoms with Gasteiger partial charge in [-0.1, -0.05) is 42.5 Å². The van der Waals surface area contributed by atoms with E-state index in [0.717, 1.165) is 38.9 Å². The number of piperidine rings is 1. The maximum absolute atomic E-state index is 12.9. The Balaban J connectivity index is 1.47. The summed E-state index contributed by atoms with van der Waals surface area (Å²) in [7, 11) is 1.80. The topological polar surface area (TPSA) is 67.9 Å². The van der Waals surface area contributed by atoms with Gasteiger partial charge in [0.25, 0.3) is 0 Å². The van der Waals surface area contributed by atoms with Crippen LogP contribution in [0, 0.1) is 11.3 Å². The smallest absolute Gasteiger partial charge is 0.340 e. The van der Waals surface area contributed by atoms with E-state index in [1.165, 1.54) is 12.5 Å². The number of ether oxygens (including phenoxy) is 2. The molecule has 3 atom stereocenters. The molecule has 1 saturated carbocycles. The number of benzene rings is 2. The van der Waals surface area contributed by atoms with Gasteiger partial charge in [-0.25, -0.2) is 4.79 Å². The van der Waals surface area contributed by atoms with Crippen molar-refractivity contribution in [2.75, 3.05) is 32.1 Å². The molecule has 170 valence electrons. The van der Waals surface area contributed by atoms with Gasteiger partial charge in [0.1, 0.15) is 0 Å². The maximum Gasteiger partial charge on any atom is 0.340 e. The van der Waals surface area contributed by atoms with Crippen molar-refractivity contribution in [1.82, 2.24) is 4.90 Å². The minimum absolute atomic E-state index is 0.0780. The van der Waals surface area contributed by atoms with Crippen LogP contribution in [0.25, 0.3) is 0 Å². The molecule has 6 heteroatoms. The number of hydrogen-bond acceptors (Lipinski definition) is 5. The Hall–Kier alpha value is -2.70. The highest BCUT2D eigenvalue weighted by Gasteiger charge is 2.47. The van der Waals surface area contributed by atoms with Crippen LogP contribution in [0.15, 0.2) is 54.6 Å². The van der Waals surface area contributed by atoms with Gasteiger partial charge in [-0.2, -0.15) is 0 Å². The fraction of sp³-hybridized carbons (Fsp3) is 0.462. The number of methoxy groups -OCH3 is 1. The minimum Gasteiger partial charge on any atom is -0.461 e. The highest BCUT2D eigenvalue weighted by molar-refractivity contribution is 6.00. The summed E-state index contributed by atoms with van der Waals surface area (Å²) in [6.45, 7) is 4.58.